The van der Waals surface area contributed by atoms with Gasteiger partial charge in [-0.15, -0.1) is 0 Å². The minimum atomic E-state index is -3.40. The molecule has 27 heavy (non-hydrogen) atoms. The van der Waals surface area contributed by atoms with E-state index in [2.05, 4.69) is 10.3 Å². The van der Waals surface area contributed by atoms with Crippen LogP contribution in [0.1, 0.15) is 22.3 Å². The highest BCUT2D eigenvalue weighted by molar-refractivity contribution is 7.90. The number of nitrogens with zero attached hydrogens (tertiary/aromatic N) is 1. The Balaban J connectivity index is 1.86. The number of rotatable bonds is 4. The molecule has 0 atom stereocenters. The minimum absolute atomic E-state index is 0.0555. The molecule has 0 fully saturated rings. The molecule has 1 aliphatic rings. The second-order valence-electron chi connectivity index (χ2n) is 6.02. The summed E-state index contributed by atoms with van der Waals surface area (Å²) in [6.45, 7) is 0.695. The van der Waals surface area contributed by atoms with Gasteiger partial charge < -0.3 is 5.32 Å². The summed E-state index contributed by atoms with van der Waals surface area (Å²) in [5.74, 6) is -0.450. The molecule has 0 spiro atoms. The standard InChI is InChI=1S/C19H16Cl2N2O3S/c1-27(25,26)13-6-7-14(17(21)11-13)19(24)23-12-5-8-16(20)15(10-12)18-4-2-3-9-22-18/h2,4-8,10-11H,3,9H2,1H3,(H,23,24). The van der Waals surface area contributed by atoms with Crippen molar-refractivity contribution in [2.75, 3.05) is 18.1 Å². The third-order valence-electron chi connectivity index (χ3n) is 3.97. The smallest absolute Gasteiger partial charge is 0.257 e. The van der Waals surface area contributed by atoms with Crippen LogP contribution in [0, 0.1) is 0 Å². The maximum absolute atomic E-state index is 12.5. The van der Waals surface area contributed by atoms with Crippen LogP contribution >= 0.6 is 23.2 Å². The van der Waals surface area contributed by atoms with E-state index in [4.69, 9.17) is 23.2 Å². The van der Waals surface area contributed by atoms with Crippen molar-refractivity contribution in [3.05, 3.63) is 69.7 Å². The number of nitrogens with one attached hydrogen (secondary N) is 1. The summed E-state index contributed by atoms with van der Waals surface area (Å²) in [4.78, 5) is 17.0. The van der Waals surface area contributed by atoms with E-state index < -0.39 is 15.7 Å². The van der Waals surface area contributed by atoms with Gasteiger partial charge in [-0.05, 0) is 48.9 Å². The quantitative estimate of drug-likeness (QED) is 0.792. The van der Waals surface area contributed by atoms with E-state index in [1.54, 1.807) is 18.2 Å². The highest BCUT2D eigenvalue weighted by Crippen LogP contribution is 2.25. The molecular formula is C19H16Cl2N2O3S. The van der Waals surface area contributed by atoms with Crippen molar-refractivity contribution in [1.82, 2.24) is 0 Å². The second kappa shape index (κ2) is 7.84. The molecule has 1 amide bonds. The molecule has 3 rings (SSSR count). The Morgan fingerprint density at radius 2 is 1.89 bits per heavy atom. The zero-order chi connectivity index (χ0) is 19.6. The number of sulfone groups is 1. The van der Waals surface area contributed by atoms with Gasteiger partial charge >= 0.3 is 0 Å². The maximum atomic E-state index is 12.5. The molecule has 0 aromatic heterocycles. The number of hydrogen-bond donors (Lipinski definition) is 1. The van der Waals surface area contributed by atoms with Crippen molar-refractivity contribution in [3.8, 4) is 0 Å². The van der Waals surface area contributed by atoms with Crippen LogP contribution < -0.4 is 5.32 Å². The molecule has 2 aromatic rings. The number of allylic oxidation sites excluding steroid dienone is 1. The van der Waals surface area contributed by atoms with E-state index in [0.717, 1.165) is 24.0 Å². The Labute approximate surface area is 167 Å². The van der Waals surface area contributed by atoms with Crippen LogP contribution in [-0.2, 0) is 9.84 Å². The Bertz CT molecular complexity index is 1080. The zero-order valence-corrected chi connectivity index (χ0v) is 16.7. The van der Waals surface area contributed by atoms with Crippen LogP contribution in [0.3, 0.4) is 0 Å². The number of carbonyl (C=O) groups excluding carboxylic acids is 1. The highest BCUT2D eigenvalue weighted by Gasteiger charge is 2.16. The maximum Gasteiger partial charge on any atom is 0.257 e. The molecule has 2 aromatic carbocycles. The van der Waals surface area contributed by atoms with Gasteiger partial charge in [-0.25, -0.2) is 8.42 Å². The van der Waals surface area contributed by atoms with Crippen LogP contribution in [0.5, 0.6) is 0 Å². The zero-order valence-electron chi connectivity index (χ0n) is 14.4. The normalized spacial score (nSPS) is 14.0. The van der Waals surface area contributed by atoms with Gasteiger partial charge in [0.15, 0.2) is 9.84 Å². The number of carbonyl (C=O) groups is 1. The number of amides is 1. The Kier molecular flexibility index (Phi) is 5.69. The average molecular weight is 423 g/mol. The van der Waals surface area contributed by atoms with Gasteiger partial charge in [0.1, 0.15) is 0 Å². The lowest BCUT2D eigenvalue weighted by Crippen LogP contribution is -2.14. The summed E-state index contributed by atoms with van der Waals surface area (Å²) in [6.07, 6.45) is 5.89. The van der Waals surface area contributed by atoms with Crippen molar-refractivity contribution in [1.29, 1.82) is 0 Å². The summed E-state index contributed by atoms with van der Waals surface area (Å²) in [5, 5.41) is 3.35. The summed E-state index contributed by atoms with van der Waals surface area (Å²) < 4.78 is 23.2. The molecule has 0 bridgehead atoms. The summed E-state index contributed by atoms with van der Waals surface area (Å²) in [7, 11) is -3.40. The Morgan fingerprint density at radius 1 is 1.11 bits per heavy atom. The first-order chi connectivity index (χ1) is 12.8. The molecule has 5 nitrogen and oxygen atoms in total. The molecule has 140 valence electrons. The lowest BCUT2D eigenvalue weighted by atomic mass is 10.1. The van der Waals surface area contributed by atoms with Crippen LogP contribution in [0.4, 0.5) is 5.69 Å². The first kappa shape index (κ1) is 19.6. The van der Waals surface area contributed by atoms with Crippen LogP contribution in [0.25, 0.3) is 0 Å². The van der Waals surface area contributed by atoms with Crippen molar-refractivity contribution >= 4 is 50.3 Å². The SMILES string of the molecule is CS(=O)(=O)c1ccc(C(=O)Nc2ccc(Cl)c(C3=NCCC=C3)c2)c(Cl)c1. The van der Waals surface area contributed by atoms with Gasteiger partial charge in [-0.1, -0.05) is 29.3 Å². The average Bonchev–Trinajstić information content (AvgIpc) is 2.63. The first-order valence-electron chi connectivity index (χ1n) is 8.07. The molecule has 0 saturated heterocycles. The number of hydrogen-bond acceptors (Lipinski definition) is 4. The van der Waals surface area contributed by atoms with Crippen molar-refractivity contribution in [3.63, 3.8) is 0 Å². The molecular weight excluding hydrogens is 407 g/mol. The fourth-order valence-corrected chi connectivity index (χ4v) is 3.78. The van der Waals surface area contributed by atoms with Crippen LogP contribution in [0.2, 0.25) is 10.0 Å². The minimum Gasteiger partial charge on any atom is -0.322 e. The Morgan fingerprint density at radius 3 is 2.52 bits per heavy atom. The van der Waals surface area contributed by atoms with Crippen LogP contribution in [-0.4, -0.2) is 32.8 Å². The predicted octanol–water partition coefficient (Wildman–Crippen LogP) is 4.40. The third-order valence-corrected chi connectivity index (χ3v) is 5.72. The van der Waals surface area contributed by atoms with E-state index in [1.807, 2.05) is 12.2 Å². The van der Waals surface area contributed by atoms with Gasteiger partial charge in [-0.3, -0.25) is 9.79 Å². The van der Waals surface area contributed by atoms with Gasteiger partial charge in [0.25, 0.3) is 5.91 Å². The van der Waals surface area contributed by atoms with E-state index in [9.17, 15) is 13.2 Å². The highest BCUT2D eigenvalue weighted by atomic mass is 35.5. The molecule has 1 N–H and O–H groups in total. The van der Waals surface area contributed by atoms with Crippen molar-refractivity contribution in [2.45, 2.75) is 11.3 Å². The largest absolute Gasteiger partial charge is 0.322 e. The predicted molar refractivity (Wildman–Crippen MR) is 109 cm³/mol. The van der Waals surface area contributed by atoms with Gasteiger partial charge in [0.05, 0.1) is 26.2 Å². The van der Waals surface area contributed by atoms with E-state index in [1.165, 1.54) is 18.2 Å². The molecule has 0 saturated carbocycles. The van der Waals surface area contributed by atoms with E-state index >= 15 is 0 Å². The molecule has 0 radical (unpaired) electrons. The number of dihydropyridines is 1. The van der Waals surface area contributed by atoms with Crippen LogP contribution in [0.15, 0.2) is 58.4 Å². The fourth-order valence-electron chi connectivity index (χ4n) is 2.59. The van der Waals surface area contributed by atoms with Gasteiger partial charge in [-0.2, -0.15) is 0 Å². The molecule has 0 unspecified atom stereocenters. The molecule has 0 aliphatic carbocycles. The third kappa shape index (κ3) is 4.58. The monoisotopic (exact) mass is 422 g/mol. The molecule has 1 aliphatic heterocycles. The lowest BCUT2D eigenvalue weighted by Gasteiger charge is -2.12. The van der Waals surface area contributed by atoms with E-state index in [0.29, 0.717) is 17.3 Å². The topological polar surface area (TPSA) is 75.6 Å². The number of aliphatic imine (C=N–C) groups is 1. The molecule has 1 heterocycles. The second-order valence-corrected chi connectivity index (χ2v) is 8.85. The number of anilines is 1. The van der Waals surface area contributed by atoms with Crippen molar-refractivity contribution in [2.24, 2.45) is 4.99 Å². The summed E-state index contributed by atoms with van der Waals surface area (Å²) in [5.41, 5.74) is 2.20. The number of halogens is 2. The number of benzene rings is 2. The Hall–Kier alpha value is -2.15. The lowest BCUT2D eigenvalue weighted by molar-refractivity contribution is 0.102. The fraction of sp³-hybridized carbons (Fsp3) is 0.158. The van der Waals surface area contributed by atoms with E-state index in [-0.39, 0.29) is 15.5 Å². The summed E-state index contributed by atoms with van der Waals surface area (Å²) >= 11 is 12.4. The first-order valence-corrected chi connectivity index (χ1v) is 10.7. The summed E-state index contributed by atoms with van der Waals surface area (Å²) in [6, 6.07) is 9.11. The van der Waals surface area contributed by atoms with Gasteiger partial charge in [0, 0.05) is 24.1 Å². The van der Waals surface area contributed by atoms with Gasteiger partial charge in [0.2, 0.25) is 0 Å². The molecule has 8 heteroatoms. The van der Waals surface area contributed by atoms with Crippen molar-refractivity contribution < 1.29 is 13.2 Å².